The van der Waals surface area contributed by atoms with Crippen LogP contribution in [0.25, 0.3) is 43.6 Å². The average Bonchev–Trinajstić information content (AvgIpc) is 0.783. The molecule has 30 nitrogen and oxygen atoms in total. The summed E-state index contributed by atoms with van der Waals surface area (Å²) in [6, 6.07) is 36.9. The Bertz CT molecular complexity index is 6530. The Morgan fingerprint density at radius 1 is 0.293 bits per heavy atom. The van der Waals surface area contributed by atoms with E-state index in [4.69, 9.17) is 150 Å². The van der Waals surface area contributed by atoms with Crippen molar-refractivity contribution in [1.82, 2.24) is 49.3 Å². The first-order chi connectivity index (χ1) is 71.2. The van der Waals surface area contributed by atoms with Gasteiger partial charge in [0.15, 0.2) is 46.0 Å². The Kier molecular flexibility index (Phi) is 42.4. The first kappa shape index (κ1) is 112. The zero-order chi connectivity index (χ0) is 105. The van der Waals surface area contributed by atoms with Crippen molar-refractivity contribution < 1.29 is 56.8 Å². The predicted octanol–water partition coefficient (Wildman–Crippen LogP) is 24.9. The number of benzene rings is 8. The van der Waals surface area contributed by atoms with Gasteiger partial charge in [0.25, 0.3) is 0 Å². The molecule has 4 fully saturated rings. The Morgan fingerprint density at radius 2 is 0.558 bits per heavy atom. The summed E-state index contributed by atoms with van der Waals surface area (Å²) >= 11 is 50.6. The van der Waals surface area contributed by atoms with Gasteiger partial charge in [0.05, 0.1) is 205 Å². The van der Waals surface area contributed by atoms with Gasteiger partial charge in [-0.05, 0) is 193 Å². The quantitative estimate of drug-likeness (QED) is 0.0260. The Balaban J connectivity index is 0.000000164. The lowest BCUT2D eigenvalue weighted by atomic mass is 9.93. The van der Waals surface area contributed by atoms with Crippen LogP contribution >= 0.6 is 92.8 Å². The van der Waals surface area contributed by atoms with Crippen LogP contribution < -0.4 is 78.1 Å². The van der Waals surface area contributed by atoms with E-state index < -0.39 is 0 Å². The van der Waals surface area contributed by atoms with Crippen LogP contribution in [0.5, 0.6) is 69.0 Å². The summed E-state index contributed by atoms with van der Waals surface area (Å²) in [6.07, 6.45) is 15.1. The lowest BCUT2D eigenvalue weighted by molar-refractivity contribution is 0.130. The maximum Gasteiger partial charge on any atom is 0.163 e. The fraction of sp³-hybridized carbons (Fsp3) is 0.413. The highest BCUT2D eigenvalue weighted by atomic mass is 35.5. The molecule has 0 atom stereocenters. The molecule has 4 aliphatic rings. The van der Waals surface area contributed by atoms with Crippen LogP contribution in [0.3, 0.4) is 0 Å². The summed E-state index contributed by atoms with van der Waals surface area (Å²) in [4.78, 5) is 32.5. The molecule has 0 spiro atoms. The molecule has 147 heavy (non-hydrogen) atoms. The maximum absolute atomic E-state index is 9.81. The molecule has 0 bridgehead atoms. The molecule has 8 heterocycles. The number of methoxy groups -OCH3 is 4. The van der Waals surface area contributed by atoms with Gasteiger partial charge in [0.2, 0.25) is 0 Å². The summed E-state index contributed by atoms with van der Waals surface area (Å²) in [5, 5.41) is 58.3. The molecule has 12 aromatic rings. The van der Waals surface area contributed by atoms with Crippen LogP contribution in [0.15, 0.2) is 122 Å². The smallest absolute Gasteiger partial charge is 0.163 e. The number of likely N-dealkylation sites (N-methyl/N-ethyl adjacent to an activating group) is 2. The first-order valence-electron chi connectivity index (χ1n) is 49.2. The van der Waals surface area contributed by atoms with Gasteiger partial charge in [0, 0.05) is 160 Å². The fourth-order valence-corrected chi connectivity index (χ4v) is 19.6. The second kappa shape index (κ2) is 55.5. The van der Waals surface area contributed by atoms with Crippen molar-refractivity contribution in [2.75, 3.05) is 222 Å². The normalized spacial score (nSPS) is 14.4. The Morgan fingerprint density at radius 3 is 0.857 bits per heavy atom. The molecule has 0 saturated carbocycles. The number of fused-ring (bicyclic) bond motifs is 4. The van der Waals surface area contributed by atoms with E-state index in [1.54, 1.807) is 48.5 Å². The second-order valence-corrected chi connectivity index (χ2v) is 38.8. The molecule has 4 N–H and O–H groups in total. The van der Waals surface area contributed by atoms with Crippen molar-refractivity contribution in [1.29, 1.82) is 21.0 Å². The van der Waals surface area contributed by atoms with Crippen molar-refractivity contribution in [3.63, 3.8) is 0 Å². The molecule has 778 valence electrons. The van der Waals surface area contributed by atoms with E-state index in [-0.39, 0.29) is 0 Å². The maximum atomic E-state index is 9.81. The monoisotopic (exact) mass is 2160 g/mol. The SMILES string of the molecule is CCOc1cc2c(Nc3cc(OC)c(Cl)cc3Cl)c(C#N)cnc2cc1OCCC1CCN(C)CC1.CCOc1cc2c(Nc3cc(OC)c(Cl)cc3Cl)c(C#N)cnc2cc1OCCCC1CCN(C)CC1.CCOc1cc2c(Nc3cc(OC)c(Cl)cc3Cl)c(C#N)cnc2cc1OCCCN1CCN(CC)CC1.CCOc1cc2c(Nc3cc(OC)c(Cl)cc3Cl)c(C#N)cnc2cc1OCCN1CCN(C)CC1. The number of piperazine rings is 2. The average molecular weight is 2160 g/mol. The van der Waals surface area contributed by atoms with E-state index in [1.165, 1.54) is 92.0 Å². The lowest BCUT2D eigenvalue weighted by Crippen LogP contribution is -2.46. The van der Waals surface area contributed by atoms with E-state index in [1.807, 2.05) is 76.2 Å². The van der Waals surface area contributed by atoms with Gasteiger partial charge < -0.3 is 103 Å². The topological polar surface area (TPSA) is 325 Å². The molecule has 16 rings (SSSR count). The van der Waals surface area contributed by atoms with Crippen LogP contribution in [0.4, 0.5) is 45.5 Å². The number of rotatable bonds is 39. The number of likely N-dealkylation sites (tertiary alicyclic amines) is 2. The molecular formula is C109H124Cl8N18O12. The lowest BCUT2D eigenvalue weighted by Gasteiger charge is -2.33. The molecule has 8 aromatic carbocycles. The number of halogens is 8. The van der Waals surface area contributed by atoms with Crippen molar-refractivity contribution in [3.8, 4) is 93.3 Å². The van der Waals surface area contributed by atoms with Crippen molar-refractivity contribution in [2.24, 2.45) is 11.8 Å². The Labute approximate surface area is 899 Å². The second-order valence-electron chi connectivity index (χ2n) is 35.6. The number of nitrogens with one attached hydrogen (secondary N) is 4. The van der Waals surface area contributed by atoms with Gasteiger partial charge in [-0.3, -0.25) is 24.8 Å². The molecular weight excluding hydrogens is 2040 g/mol. The summed E-state index contributed by atoms with van der Waals surface area (Å²) in [6.45, 7) is 30.3. The van der Waals surface area contributed by atoms with E-state index >= 15 is 0 Å². The van der Waals surface area contributed by atoms with Gasteiger partial charge in [-0.15, -0.1) is 0 Å². The summed E-state index contributed by atoms with van der Waals surface area (Å²) < 4.78 is 69.7. The van der Waals surface area contributed by atoms with Crippen LogP contribution in [0.2, 0.25) is 40.2 Å². The zero-order valence-corrected chi connectivity index (χ0v) is 90.9. The van der Waals surface area contributed by atoms with Crippen LogP contribution in [0.1, 0.15) is 108 Å². The van der Waals surface area contributed by atoms with Gasteiger partial charge >= 0.3 is 0 Å². The number of hydrogen-bond acceptors (Lipinski definition) is 30. The summed E-state index contributed by atoms with van der Waals surface area (Å²) in [5.74, 6) is 8.23. The zero-order valence-electron chi connectivity index (χ0n) is 84.8. The number of nitrogens with zero attached hydrogens (tertiary/aromatic N) is 14. The van der Waals surface area contributed by atoms with Gasteiger partial charge in [-0.1, -0.05) is 99.7 Å². The van der Waals surface area contributed by atoms with E-state index in [0.717, 1.165) is 117 Å². The largest absolute Gasteiger partial charge is 0.495 e. The molecule has 4 saturated heterocycles. The number of anilines is 8. The van der Waals surface area contributed by atoms with Gasteiger partial charge in [-0.2, -0.15) is 21.0 Å². The minimum atomic E-state index is 0.360. The molecule has 38 heteroatoms. The van der Waals surface area contributed by atoms with Crippen LogP contribution in [-0.2, 0) is 0 Å². The summed E-state index contributed by atoms with van der Waals surface area (Å²) in [5.41, 5.74) is 8.57. The molecule has 0 unspecified atom stereocenters. The predicted molar refractivity (Wildman–Crippen MR) is 589 cm³/mol. The number of hydrogen-bond donors (Lipinski definition) is 4. The third-order valence-electron chi connectivity index (χ3n) is 25.9. The van der Waals surface area contributed by atoms with E-state index in [0.29, 0.717) is 279 Å². The highest BCUT2D eigenvalue weighted by Crippen LogP contribution is 2.48. The number of piperidine rings is 2. The minimum Gasteiger partial charge on any atom is -0.495 e. The third-order valence-corrected chi connectivity index (χ3v) is 28.4. The Hall–Kier alpha value is -11.8. The van der Waals surface area contributed by atoms with Gasteiger partial charge in [0.1, 0.15) is 53.9 Å². The van der Waals surface area contributed by atoms with E-state index in [9.17, 15) is 21.0 Å². The number of aromatic nitrogens is 4. The molecule has 4 aliphatic heterocycles. The number of ether oxygens (including phenoxy) is 12. The standard InChI is InChI=1S/C28H33Cl2N5O3.C28H32Cl2N4O3.C27H30Cl2N4O3.C26H29Cl2N5O3/c1-4-34-8-10-35(11-9-34)7-6-12-38-27-15-23-20(13-26(27)37-5-2)28(19(17-31)18-32-23)33-24-16-25(36-3)22(30)14-21(24)29;1-4-36-26-12-20-23(14-27(26)37-11-5-6-18-7-9-34(2)10-8-18)32-17-19(16-31)28(20)33-24-15-25(35-3)22(30)13-21(24)29;1-4-35-25-11-19-22(13-26(25)36-10-7-17-5-8-33(2)9-6-17)31-16-18(15-30)27(19)32-23-14-24(34-3)21(29)12-20(23)28;1-4-35-24-11-18-21(13-25(24)36-10-9-33-7-5-32(2)6-8-33)30-16-17(15-29)26(18)31-22-14-23(34-3)20(28)12-19(22)27/h13-16,18H,4-12H2,1-3H3,(H,32,33);12-15,17-18H,4-11H2,1-3H3,(H,32,33);11-14,16-17H,4-10H2,1-3H3,(H,31,32);11-14,16H,4-10H2,1-3H3,(H,30,31). The van der Waals surface area contributed by atoms with Crippen molar-refractivity contribution >= 4 is 182 Å². The fourth-order valence-electron chi connectivity index (χ4n) is 17.6. The molecule has 0 radical (unpaired) electrons. The van der Waals surface area contributed by atoms with Crippen LogP contribution in [0, 0.1) is 57.2 Å². The highest BCUT2D eigenvalue weighted by Gasteiger charge is 2.28. The van der Waals surface area contributed by atoms with E-state index in [2.05, 4.69) is 123 Å². The van der Waals surface area contributed by atoms with Crippen LogP contribution in [-0.4, -0.2) is 250 Å². The highest BCUT2D eigenvalue weighted by molar-refractivity contribution is 6.39. The summed E-state index contributed by atoms with van der Waals surface area (Å²) in [7, 11) is 12.6. The minimum absolute atomic E-state index is 0.360. The van der Waals surface area contributed by atoms with Gasteiger partial charge in [-0.25, -0.2) is 0 Å². The first-order valence-corrected chi connectivity index (χ1v) is 52.2. The van der Waals surface area contributed by atoms with Crippen molar-refractivity contribution in [3.05, 3.63) is 184 Å². The number of pyridine rings is 4. The van der Waals surface area contributed by atoms with Crippen molar-refractivity contribution in [2.45, 2.75) is 86.0 Å². The molecule has 0 aliphatic carbocycles. The number of nitriles is 4. The third kappa shape index (κ3) is 29.9. The molecule has 4 aromatic heterocycles. The molecule has 0 amide bonds.